The smallest absolute Gasteiger partial charge is 0.228 e. The number of carbonyl (C=O) groups is 2. The zero-order chi connectivity index (χ0) is 13.1. The molecule has 1 unspecified atom stereocenters. The van der Waals surface area contributed by atoms with Gasteiger partial charge in [-0.15, -0.1) is 0 Å². The lowest BCUT2D eigenvalue weighted by Crippen LogP contribution is -2.44. The van der Waals surface area contributed by atoms with Crippen molar-refractivity contribution in [2.45, 2.75) is 12.7 Å². The first-order valence-electron chi connectivity index (χ1n) is 5.55. The van der Waals surface area contributed by atoms with Crippen LogP contribution in [0.2, 0.25) is 5.02 Å². The highest BCUT2D eigenvalue weighted by atomic mass is 35.5. The zero-order valence-electron chi connectivity index (χ0n) is 9.97. The van der Waals surface area contributed by atoms with Crippen LogP contribution in [0, 0.1) is 0 Å². The third-order valence-corrected chi connectivity index (χ3v) is 3.12. The molecule has 0 aliphatic carbocycles. The van der Waals surface area contributed by atoms with E-state index in [4.69, 9.17) is 11.6 Å². The van der Waals surface area contributed by atoms with Gasteiger partial charge in [0.25, 0.3) is 0 Å². The number of hydrogen-bond donors (Lipinski definition) is 1. The predicted octanol–water partition coefficient (Wildman–Crippen LogP) is 0.644. The van der Waals surface area contributed by atoms with Gasteiger partial charge in [0.05, 0.1) is 6.67 Å². The minimum Gasteiger partial charge on any atom is -0.294 e. The number of ketones is 1. The standard InChI is InChI=1S/C12H14ClN3O2/c1-15-12(11(18)7-17)16(8-14-15)6-9-3-2-4-10(13)5-9/h2-5,7,12,14H,6,8H2,1H3. The van der Waals surface area contributed by atoms with E-state index in [9.17, 15) is 9.59 Å². The molecule has 0 spiro atoms. The number of likely N-dealkylation sites (N-methyl/N-ethyl adjacent to an activating group) is 1. The lowest BCUT2D eigenvalue weighted by molar-refractivity contribution is -0.136. The Morgan fingerprint density at radius 3 is 3.06 bits per heavy atom. The van der Waals surface area contributed by atoms with Crippen molar-refractivity contribution < 1.29 is 9.59 Å². The Balaban J connectivity index is 2.13. The van der Waals surface area contributed by atoms with Gasteiger partial charge in [-0.1, -0.05) is 23.7 Å². The van der Waals surface area contributed by atoms with E-state index in [1.807, 2.05) is 23.1 Å². The second-order valence-corrected chi connectivity index (χ2v) is 4.63. The van der Waals surface area contributed by atoms with Crippen LogP contribution in [0.25, 0.3) is 0 Å². The summed E-state index contributed by atoms with van der Waals surface area (Å²) in [4.78, 5) is 24.1. The van der Waals surface area contributed by atoms with Gasteiger partial charge in [0.1, 0.15) is 6.17 Å². The van der Waals surface area contributed by atoms with E-state index in [0.29, 0.717) is 24.5 Å². The van der Waals surface area contributed by atoms with Gasteiger partial charge in [0.2, 0.25) is 5.78 Å². The molecule has 1 fully saturated rings. The van der Waals surface area contributed by atoms with Gasteiger partial charge in [0.15, 0.2) is 6.29 Å². The number of nitrogens with zero attached hydrogens (tertiary/aromatic N) is 2. The van der Waals surface area contributed by atoms with Crippen molar-refractivity contribution in [3.8, 4) is 0 Å². The molecule has 0 amide bonds. The zero-order valence-corrected chi connectivity index (χ0v) is 10.7. The molecular weight excluding hydrogens is 254 g/mol. The minimum atomic E-state index is -0.554. The molecule has 0 radical (unpaired) electrons. The average Bonchev–Trinajstić information content (AvgIpc) is 2.70. The number of hydrazine groups is 1. The third kappa shape index (κ3) is 2.76. The maximum absolute atomic E-state index is 11.6. The first kappa shape index (κ1) is 13.2. The number of nitrogens with one attached hydrogen (secondary N) is 1. The Bertz CT molecular complexity index is 466. The van der Waals surface area contributed by atoms with E-state index >= 15 is 0 Å². The summed E-state index contributed by atoms with van der Waals surface area (Å²) in [6.45, 7) is 1.08. The van der Waals surface area contributed by atoms with Crippen LogP contribution in [0.4, 0.5) is 0 Å². The van der Waals surface area contributed by atoms with Crippen LogP contribution in [0.15, 0.2) is 24.3 Å². The van der Waals surface area contributed by atoms with Crippen LogP contribution in [0.3, 0.4) is 0 Å². The fraction of sp³-hybridized carbons (Fsp3) is 0.333. The lowest BCUT2D eigenvalue weighted by atomic mass is 10.2. The Hall–Kier alpha value is -1.27. The molecule has 2 rings (SSSR count). The van der Waals surface area contributed by atoms with Crippen LogP contribution >= 0.6 is 11.6 Å². The second-order valence-electron chi connectivity index (χ2n) is 4.20. The number of aldehydes is 1. The van der Waals surface area contributed by atoms with Gasteiger partial charge in [-0.25, -0.2) is 10.4 Å². The summed E-state index contributed by atoms with van der Waals surface area (Å²) in [7, 11) is 1.74. The Morgan fingerprint density at radius 1 is 1.61 bits per heavy atom. The number of hydrogen-bond acceptors (Lipinski definition) is 5. The molecule has 1 heterocycles. The molecule has 96 valence electrons. The highest BCUT2D eigenvalue weighted by Crippen LogP contribution is 2.16. The fourth-order valence-electron chi connectivity index (χ4n) is 2.06. The molecule has 6 heteroatoms. The number of Topliss-reactive ketones (excluding diaryl/α,β-unsaturated/α-hetero) is 1. The van der Waals surface area contributed by atoms with Crippen molar-refractivity contribution in [2.24, 2.45) is 0 Å². The fourth-order valence-corrected chi connectivity index (χ4v) is 2.28. The summed E-state index contributed by atoms with van der Waals surface area (Å²) in [6.07, 6.45) is -0.194. The van der Waals surface area contributed by atoms with Crippen LogP contribution in [0.5, 0.6) is 0 Å². The highest BCUT2D eigenvalue weighted by Gasteiger charge is 2.34. The van der Waals surface area contributed by atoms with Gasteiger partial charge < -0.3 is 0 Å². The summed E-state index contributed by atoms with van der Waals surface area (Å²) in [5.41, 5.74) is 4.02. The topological polar surface area (TPSA) is 52.6 Å². The molecule has 1 saturated heterocycles. The van der Waals surface area contributed by atoms with E-state index in [1.54, 1.807) is 18.1 Å². The monoisotopic (exact) mass is 267 g/mol. The molecular formula is C12H14ClN3O2. The van der Waals surface area contributed by atoms with Gasteiger partial charge in [-0.2, -0.15) is 0 Å². The largest absolute Gasteiger partial charge is 0.294 e. The van der Waals surface area contributed by atoms with Gasteiger partial charge in [0, 0.05) is 18.6 Å². The van der Waals surface area contributed by atoms with E-state index in [-0.39, 0.29) is 0 Å². The van der Waals surface area contributed by atoms with Crippen LogP contribution < -0.4 is 5.43 Å². The summed E-state index contributed by atoms with van der Waals surface area (Å²) >= 11 is 5.92. The van der Waals surface area contributed by atoms with Crippen molar-refractivity contribution >= 4 is 23.7 Å². The van der Waals surface area contributed by atoms with Gasteiger partial charge >= 0.3 is 0 Å². The lowest BCUT2D eigenvalue weighted by Gasteiger charge is -2.23. The summed E-state index contributed by atoms with van der Waals surface area (Å²) in [6, 6.07) is 7.45. The molecule has 1 N–H and O–H groups in total. The summed E-state index contributed by atoms with van der Waals surface area (Å²) < 4.78 is 0. The van der Waals surface area contributed by atoms with Crippen LogP contribution in [-0.2, 0) is 16.1 Å². The third-order valence-electron chi connectivity index (χ3n) is 2.88. The first-order chi connectivity index (χ1) is 8.61. The molecule has 1 aliphatic rings. The first-order valence-corrected chi connectivity index (χ1v) is 5.93. The minimum absolute atomic E-state index is 0.360. The molecule has 1 aromatic carbocycles. The molecule has 5 nitrogen and oxygen atoms in total. The highest BCUT2D eigenvalue weighted by molar-refractivity contribution is 6.30. The predicted molar refractivity (Wildman–Crippen MR) is 67.6 cm³/mol. The molecule has 0 aromatic heterocycles. The van der Waals surface area contributed by atoms with Crippen molar-refractivity contribution in [3.05, 3.63) is 34.9 Å². The molecule has 0 bridgehead atoms. The maximum Gasteiger partial charge on any atom is 0.228 e. The second kappa shape index (κ2) is 5.58. The molecule has 1 atom stereocenters. The van der Waals surface area contributed by atoms with Gasteiger partial charge in [-0.3, -0.25) is 14.5 Å². The van der Waals surface area contributed by atoms with Crippen LogP contribution in [0.1, 0.15) is 5.56 Å². The number of benzene rings is 1. The van der Waals surface area contributed by atoms with Crippen molar-refractivity contribution in [1.82, 2.24) is 15.3 Å². The average molecular weight is 268 g/mol. The SMILES string of the molecule is CN1NCN(Cc2cccc(Cl)c2)C1C(=O)C=O. The summed E-state index contributed by atoms with van der Waals surface area (Å²) in [5, 5.41) is 2.30. The van der Waals surface area contributed by atoms with Crippen molar-refractivity contribution in [3.63, 3.8) is 0 Å². The van der Waals surface area contributed by atoms with Crippen molar-refractivity contribution in [1.29, 1.82) is 0 Å². The van der Waals surface area contributed by atoms with Crippen LogP contribution in [-0.4, -0.2) is 41.9 Å². The van der Waals surface area contributed by atoms with E-state index < -0.39 is 11.9 Å². The van der Waals surface area contributed by atoms with E-state index in [1.165, 1.54) is 0 Å². The molecule has 0 saturated carbocycles. The number of halogens is 1. The number of rotatable bonds is 4. The normalized spacial score (nSPS) is 21.1. The van der Waals surface area contributed by atoms with E-state index in [2.05, 4.69) is 5.43 Å². The molecule has 1 aromatic rings. The summed E-state index contributed by atoms with van der Waals surface area (Å²) in [5.74, 6) is -0.454. The maximum atomic E-state index is 11.6. The van der Waals surface area contributed by atoms with E-state index in [0.717, 1.165) is 5.56 Å². The molecule has 18 heavy (non-hydrogen) atoms. The Morgan fingerprint density at radius 2 is 2.39 bits per heavy atom. The Kier molecular flexibility index (Phi) is 4.08. The quantitative estimate of drug-likeness (QED) is 0.641. The number of carbonyl (C=O) groups excluding carboxylic acids is 2. The van der Waals surface area contributed by atoms with Crippen molar-refractivity contribution in [2.75, 3.05) is 13.7 Å². The Labute approximate surface area is 110 Å². The van der Waals surface area contributed by atoms with Gasteiger partial charge in [-0.05, 0) is 17.7 Å². The molecule has 1 aliphatic heterocycles.